The van der Waals surface area contributed by atoms with Crippen molar-refractivity contribution in [1.29, 1.82) is 5.26 Å². The molecule has 0 saturated carbocycles. The largest absolute Gasteiger partial charge is 0.464 e. The number of nitriles is 1. The van der Waals surface area contributed by atoms with Crippen LogP contribution in [0.25, 0.3) is 5.69 Å². The predicted molar refractivity (Wildman–Crippen MR) is 121 cm³/mol. The first-order valence-corrected chi connectivity index (χ1v) is 10.6. The number of piperidine rings is 1. The Labute approximate surface area is 191 Å². The summed E-state index contributed by atoms with van der Waals surface area (Å²) < 4.78 is 25.8. The maximum atomic E-state index is 14.2. The van der Waals surface area contributed by atoms with Crippen molar-refractivity contribution in [3.05, 3.63) is 41.5 Å². The molecule has 1 fully saturated rings. The molecule has 1 saturated heterocycles. The van der Waals surface area contributed by atoms with E-state index in [4.69, 9.17) is 15.2 Å². The molecule has 3 N–H and O–H groups in total. The second-order valence-corrected chi connectivity index (χ2v) is 8.82. The number of halogens is 1. The molecule has 3 rings (SSSR count). The molecule has 0 aliphatic carbocycles. The van der Waals surface area contributed by atoms with Gasteiger partial charge in [-0.05, 0) is 51.8 Å². The Kier molecular flexibility index (Phi) is 6.81. The highest BCUT2D eigenvalue weighted by Crippen LogP contribution is 2.33. The molecule has 1 aromatic carbocycles. The average Bonchev–Trinajstić information content (AvgIpc) is 3.08. The first-order valence-electron chi connectivity index (χ1n) is 10.6. The minimum Gasteiger partial charge on any atom is -0.464 e. The molecule has 0 unspecified atom stereocenters. The molecule has 0 radical (unpaired) electrons. The second-order valence-electron chi connectivity index (χ2n) is 8.82. The van der Waals surface area contributed by atoms with Crippen molar-refractivity contribution in [1.82, 2.24) is 9.88 Å². The van der Waals surface area contributed by atoms with Crippen molar-refractivity contribution in [3.8, 4) is 11.8 Å². The van der Waals surface area contributed by atoms with Crippen LogP contribution in [-0.4, -0.2) is 48.5 Å². The Morgan fingerprint density at radius 2 is 1.91 bits per heavy atom. The number of ether oxygens (including phenoxy) is 2. The van der Waals surface area contributed by atoms with Crippen LogP contribution in [0.5, 0.6) is 0 Å². The van der Waals surface area contributed by atoms with E-state index in [0.717, 1.165) is 0 Å². The smallest absolute Gasteiger partial charge is 0.407 e. The molecule has 176 valence electrons. The summed E-state index contributed by atoms with van der Waals surface area (Å²) in [6.45, 7) is 6.57. The van der Waals surface area contributed by atoms with Gasteiger partial charge in [0.2, 0.25) is 0 Å². The molecule has 33 heavy (non-hydrogen) atoms. The van der Waals surface area contributed by atoms with Crippen LogP contribution in [0.3, 0.4) is 0 Å². The summed E-state index contributed by atoms with van der Waals surface area (Å²) in [5.74, 6) is -1.23. The van der Waals surface area contributed by atoms with Gasteiger partial charge in [0, 0.05) is 25.3 Å². The molecule has 1 amide bonds. The van der Waals surface area contributed by atoms with E-state index < -0.39 is 23.5 Å². The van der Waals surface area contributed by atoms with E-state index in [2.05, 4.69) is 5.32 Å². The number of anilines is 2. The molecule has 1 aliphatic rings. The Morgan fingerprint density at radius 3 is 2.48 bits per heavy atom. The van der Waals surface area contributed by atoms with E-state index in [1.54, 1.807) is 26.8 Å². The van der Waals surface area contributed by atoms with Gasteiger partial charge in [0.15, 0.2) is 5.69 Å². The summed E-state index contributed by atoms with van der Waals surface area (Å²) in [7, 11) is 1.21. The van der Waals surface area contributed by atoms with E-state index in [0.29, 0.717) is 37.3 Å². The molecular formula is C23H28FN5O4. The molecule has 0 spiro atoms. The van der Waals surface area contributed by atoms with Gasteiger partial charge in [-0.15, -0.1) is 0 Å². The number of nitrogens with two attached hydrogens (primary N) is 1. The van der Waals surface area contributed by atoms with Crippen LogP contribution >= 0.6 is 0 Å². The lowest BCUT2D eigenvalue weighted by Crippen LogP contribution is -2.46. The molecule has 0 bridgehead atoms. The van der Waals surface area contributed by atoms with Gasteiger partial charge in [-0.2, -0.15) is 5.26 Å². The van der Waals surface area contributed by atoms with Gasteiger partial charge in [-0.3, -0.25) is 0 Å². The monoisotopic (exact) mass is 457 g/mol. The Bertz CT molecular complexity index is 1090. The zero-order chi connectivity index (χ0) is 24.3. The minimum atomic E-state index is -0.732. The van der Waals surface area contributed by atoms with E-state index >= 15 is 0 Å². The third-order valence-electron chi connectivity index (χ3n) is 5.30. The number of hydrogen-bond acceptors (Lipinski definition) is 7. The fourth-order valence-electron chi connectivity index (χ4n) is 3.80. The van der Waals surface area contributed by atoms with Crippen LogP contribution in [0.4, 0.5) is 20.6 Å². The molecule has 10 heteroatoms. The number of nitrogens with zero attached hydrogens (tertiary/aromatic N) is 3. The Hall–Kier alpha value is -3.74. The number of methoxy groups -OCH3 is 1. The SMILES string of the molecule is COC(=O)c1c(N)c(C#N)cn1-c1cc(F)ccc1N1CCC(NC(=O)OC(C)(C)C)CC1. The number of rotatable bonds is 4. The van der Waals surface area contributed by atoms with Gasteiger partial charge in [-0.1, -0.05) is 0 Å². The fraction of sp³-hybridized carbons (Fsp3) is 0.435. The van der Waals surface area contributed by atoms with Crippen LogP contribution in [0.15, 0.2) is 24.4 Å². The lowest BCUT2D eigenvalue weighted by Gasteiger charge is -2.35. The van der Waals surface area contributed by atoms with E-state index in [9.17, 15) is 19.2 Å². The van der Waals surface area contributed by atoms with Crippen LogP contribution in [0.1, 0.15) is 49.7 Å². The minimum absolute atomic E-state index is 0.0279. The van der Waals surface area contributed by atoms with Gasteiger partial charge in [-0.25, -0.2) is 14.0 Å². The van der Waals surface area contributed by atoms with Crippen LogP contribution in [0, 0.1) is 17.1 Å². The first kappa shape index (κ1) is 23.9. The summed E-state index contributed by atoms with van der Waals surface area (Å²) >= 11 is 0. The average molecular weight is 458 g/mol. The van der Waals surface area contributed by atoms with E-state index in [1.165, 1.54) is 30.0 Å². The lowest BCUT2D eigenvalue weighted by atomic mass is 10.0. The third-order valence-corrected chi connectivity index (χ3v) is 5.30. The number of esters is 1. The molecule has 2 heterocycles. The standard InChI is InChI=1S/C23H28FN5O4/c1-23(2,3)33-22(31)27-16-7-9-28(10-8-16)17-6-5-15(24)11-18(17)29-13-14(12-25)19(26)20(29)21(30)32-4/h5-6,11,13,16H,7-10,26H2,1-4H3,(H,27,31). The van der Waals surface area contributed by atoms with Crippen molar-refractivity contribution < 1.29 is 23.5 Å². The number of aromatic nitrogens is 1. The highest BCUT2D eigenvalue weighted by atomic mass is 19.1. The maximum absolute atomic E-state index is 14.2. The number of carbonyl (C=O) groups is 2. The zero-order valence-corrected chi connectivity index (χ0v) is 19.1. The lowest BCUT2D eigenvalue weighted by molar-refractivity contribution is 0.0496. The summed E-state index contributed by atoms with van der Waals surface area (Å²) in [5.41, 5.74) is 6.47. The van der Waals surface area contributed by atoms with Crippen molar-refractivity contribution >= 4 is 23.4 Å². The van der Waals surface area contributed by atoms with Crippen molar-refractivity contribution in [2.75, 3.05) is 30.8 Å². The number of carbonyl (C=O) groups excluding carboxylic acids is 2. The molecular weight excluding hydrogens is 429 g/mol. The quantitative estimate of drug-likeness (QED) is 0.675. The van der Waals surface area contributed by atoms with Gasteiger partial charge in [0.25, 0.3) is 0 Å². The molecule has 1 aromatic heterocycles. The van der Waals surface area contributed by atoms with Crippen LogP contribution < -0.4 is 16.0 Å². The highest BCUT2D eigenvalue weighted by molar-refractivity contribution is 5.96. The third kappa shape index (κ3) is 5.37. The van der Waals surface area contributed by atoms with Crippen LogP contribution in [0.2, 0.25) is 0 Å². The fourth-order valence-corrected chi connectivity index (χ4v) is 3.80. The van der Waals surface area contributed by atoms with Gasteiger partial charge < -0.3 is 30.0 Å². The number of benzene rings is 1. The maximum Gasteiger partial charge on any atom is 0.407 e. The Balaban J connectivity index is 1.87. The predicted octanol–water partition coefficient (Wildman–Crippen LogP) is 3.35. The van der Waals surface area contributed by atoms with Gasteiger partial charge in [0.05, 0.1) is 29.7 Å². The van der Waals surface area contributed by atoms with E-state index in [1.807, 2.05) is 11.0 Å². The van der Waals surface area contributed by atoms with Crippen molar-refractivity contribution in [2.45, 2.75) is 45.3 Å². The molecule has 1 aliphatic heterocycles. The summed E-state index contributed by atoms with van der Waals surface area (Å²) in [5, 5.41) is 12.3. The molecule has 0 atom stereocenters. The number of nitrogen functional groups attached to an aromatic ring is 1. The Morgan fingerprint density at radius 1 is 1.24 bits per heavy atom. The topological polar surface area (TPSA) is 123 Å². The molecule has 2 aromatic rings. The summed E-state index contributed by atoms with van der Waals surface area (Å²) in [6, 6.07) is 6.13. The van der Waals surface area contributed by atoms with E-state index in [-0.39, 0.29) is 23.0 Å². The first-order chi connectivity index (χ1) is 15.5. The summed E-state index contributed by atoms with van der Waals surface area (Å²) in [4.78, 5) is 26.5. The molecule has 9 nitrogen and oxygen atoms in total. The second kappa shape index (κ2) is 9.40. The normalized spacial score (nSPS) is 14.5. The zero-order valence-electron chi connectivity index (χ0n) is 19.1. The van der Waals surface area contributed by atoms with Crippen LogP contribution in [-0.2, 0) is 9.47 Å². The van der Waals surface area contributed by atoms with Gasteiger partial charge in [0.1, 0.15) is 17.5 Å². The highest BCUT2D eigenvalue weighted by Gasteiger charge is 2.28. The van der Waals surface area contributed by atoms with Crippen molar-refractivity contribution in [2.24, 2.45) is 0 Å². The number of hydrogen-bond donors (Lipinski definition) is 2. The van der Waals surface area contributed by atoms with Gasteiger partial charge >= 0.3 is 12.1 Å². The number of nitrogens with one attached hydrogen (secondary N) is 1. The number of alkyl carbamates (subject to hydrolysis) is 1. The van der Waals surface area contributed by atoms with Crippen molar-refractivity contribution in [3.63, 3.8) is 0 Å². The summed E-state index contributed by atoms with van der Waals surface area (Å²) in [6.07, 6.45) is 2.24. The number of amides is 1.